The van der Waals surface area contributed by atoms with Crippen molar-refractivity contribution in [3.05, 3.63) is 83.7 Å². The second kappa shape index (κ2) is 12.9. The number of hydrogen-bond acceptors (Lipinski definition) is 8. The van der Waals surface area contributed by atoms with Crippen LogP contribution in [0.25, 0.3) is 11.1 Å². The molecule has 4 aromatic rings. The summed E-state index contributed by atoms with van der Waals surface area (Å²) >= 11 is 0. The van der Waals surface area contributed by atoms with E-state index in [1.165, 1.54) is 31.4 Å². The van der Waals surface area contributed by atoms with Gasteiger partial charge in [0.15, 0.2) is 5.69 Å². The summed E-state index contributed by atoms with van der Waals surface area (Å²) in [6, 6.07) is 12.5. The van der Waals surface area contributed by atoms with Crippen LogP contribution in [0.5, 0.6) is 5.75 Å². The number of halogens is 3. The number of para-hydroxylation sites is 1. The van der Waals surface area contributed by atoms with Crippen molar-refractivity contribution in [1.29, 1.82) is 0 Å². The van der Waals surface area contributed by atoms with Crippen molar-refractivity contribution in [2.24, 2.45) is 0 Å². The highest BCUT2D eigenvalue weighted by molar-refractivity contribution is 5.91. The maximum atomic E-state index is 12.8. The van der Waals surface area contributed by atoms with Crippen molar-refractivity contribution in [3.8, 4) is 16.9 Å². The zero-order valence-corrected chi connectivity index (χ0v) is 21.6. The summed E-state index contributed by atoms with van der Waals surface area (Å²) in [5.41, 5.74) is 2.68. The minimum absolute atomic E-state index is 0.0104. The predicted octanol–water partition coefficient (Wildman–Crippen LogP) is 3.77. The molecule has 208 valence electrons. The Morgan fingerprint density at radius 1 is 0.950 bits per heavy atom. The van der Waals surface area contributed by atoms with Crippen LogP contribution in [0.3, 0.4) is 0 Å². The van der Waals surface area contributed by atoms with Gasteiger partial charge in [0, 0.05) is 37.5 Å². The smallest absolute Gasteiger partial charge is 0.405 e. The summed E-state index contributed by atoms with van der Waals surface area (Å²) in [7, 11) is 1.53. The number of carbonyl (C=O) groups excluding carboxylic acids is 2. The van der Waals surface area contributed by atoms with Gasteiger partial charge in [0.05, 0.1) is 24.0 Å². The first-order valence-electron chi connectivity index (χ1n) is 12.5. The van der Waals surface area contributed by atoms with E-state index >= 15 is 0 Å². The van der Waals surface area contributed by atoms with Crippen LogP contribution in [-0.2, 0) is 30.6 Å². The predicted molar refractivity (Wildman–Crippen MR) is 137 cm³/mol. The van der Waals surface area contributed by atoms with Crippen LogP contribution in [0.2, 0.25) is 0 Å². The van der Waals surface area contributed by atoms with Gasteiger partial charge in [-0.3, -0.25) is 19.3 Å². The van der Waals surface area contributed by atoms with Crippen molar-refractivity contribution in [1.82, 2.24) is 35.5 Å². The first kappa shape index (κ1) is 28.3. The Kier molecular flexibility index (Phi) is 9.15. The monoisotopic (exact) mass is 553 g/mol. The number of rotatable bonds is 12. The minimum Gasteiger partial charge on any atom is -0.405 e. The number of ketones is 1. The van der Waals surface area contributed by atoms with E-state index in [-0.39, 0.29) is 41.5 Å². The van der Waals surface area contributed by atoms with Crippen LogP contribution in [0.15, 0.2) is 60.9 Å². The topological polar surface area (TPSA) is 125 Å². The van der Waals surface area contributed by atoms with Crippen molar-refractivity contribution in [2.75, 3.05) is 7.05 Å². The number of amides is 1. The van der Waals surface area contributed by atoms with E-state index in [1.807, 2.05) is 6.07 Å². The van der Waals surface area contributed by atoms with Gasteiger partial charge in [0.25, 0.3) is 5.91 Å². The number of benzene rings is 1. The summed E-state index contributed by atoms with van der Waals surface area (Å²) < 4.78 is 44.1. The van der Waals surface area contributed by atoms with Crippen molar-refractivity contribution in [2.45, 2.75) is 45.0 Å². The molecule has 1 amide bonds. The van der Waals surface area contributed by atoms with Gasteiger partial charge in [0.2, 0.25) is 0 Å². The molecule has 3 heterocycles. The van der Waals surface area contributed by atoms with Gasteiger partial charge in [-0.15, -0.1) is 18.3 Å². The molecule has 0 unspecified atom stereocenters. The maximum Gasteiger partial charge on any atom is 0.573 e. The number of aromatic nitrogens is 6. The SMILES string of the molecule is CNC(=O)c1cn(CCCCc2ccc(CC(=O)Cc3cc(-c4ccccc4OC(F)(F)F)ccn3)nn2)nn1. The molecule has 1 aromatic carbocycles. The zero-order chi connectivity index (χ0) is 28.5. The molecule has 0 spiro atoms. The van der Waals surface area contributed by atoms with Crippen LogP contribution in [0.4, 0.5) is 13.2 Å². The fraction of sp³-hybridized carbons (Fsp3) is 0.296. The van der Waals surface area contributed by atoms with E-state index in [0.29, 0.717) is 29.9 Å². The van der Waals surface area contributed by atoms with E-state index < -0.39 is 6.36 Å². The maximum absolute atomic E-state index is 12.8. The number of carbonyl (C=O) groups is 2. The number of nitrogens with one attached hydrogen (secondary N) is 1. The fourth-order valence-corrected chi connectivity index (χ4v) is 3.96. The lowest BCUT2D eigenvalue weighted by molar-refractivity contribution is -0.274. The standard InChI is InChI=1S/C27H26F3N7O3/c1-31-26(39)24-17-37(36-35-24)13-5-4-6-19-9-10-20(34-33-19)15-22(38)16-21-14-18(11-12-32-21)23-7-2-3-8-25(23)40-27(28,29)30/h2-3,7-12,14,17H,4-6,13,15-16H2,1H3,(H,31,39). The summed E-state index contributed by atoms with van der Waals surface area (Å²) in [5, 5.41) is 18.6. The molecule has 3 aromatic heterocycles. The molecule has 0 aliphatic heterocycles. The van der Waals surface area contributed by atoms with E-state index in [4.69, 9.17) is 0 Å². The number of Topliss-reactive ketones (excluding diaryl/α,β-unsaturated/α-hetero) is 1. The molecule has 0 saturated heterocycles. The zero-order valence-electron chi connectivity index (χ0n) is 21.6. The van der Waals surface area contributed by atoms with Crippen molar-refractivity contribution in [3.63, 3.8) is 0 Å². The second-order valence-electron chi connectivity index (χ2n) is 8.89. The Morgan fingerprint density at radius 3 is 2.45 bits per heavy atom. The van der Waals surface area contributed by atoms with Gasteiger partial charge in [0.1, 0.15) is 11.5 Å². The molecular formula is C27H26F3N7O3. The Hall–Kier alpha value is -4.68. The molecule has 0 saturated carbocycles. The highest BCUT2D eigenvalue weighted by Crippen LogP contribution is 2.33. The first-order valence-corrected chi connectivity index (χ1v) is 12.5. The normalized spacial score (nSPS) is 11.3. The lowest BCUT2D eigenvalue weighted by Gasteiger charge is -2.13. The number of alkyl halides is 3. The number of unbranched alkanes of at least 4 members (excludes halogenated alkanes) is 1. The molecule has 0 aliphatic rings. The molecule has 13 heteroatoms. The molecule has 0 radical (unpaired) electrons. The highest BCUT2D eigenvalue weighted by atomic mass is 19.4. The molecule has 40 heavy (non-hydrogen) atoms. The number of pyridine rings is 1. The number of hydrogen-bond donors (Lipinski definition) is 1. The fourth-order valence-electron chi connectivity index (χ4n) is 3.96. The van der Waals surface area contributed by atoms with Crippen LogP contribution in [-0.4, -0.2) is 55.3 Å². The van der Waals surface area contributed by atoms with Gasteiger partial charge in [-0.2, -0.15) is 10.2 Å². The molecular weight excluding hydrogens is 527 g/mol. The van der Waals surface area contributed by atoms with Crippen LogP contribution >= 0.6 is 0 Å². The van der Waals surface area contributed by atoms with Crippen LogP contribution in [0, 0.1) is 0 Å². The van der Waals surface area contributed by atoms with Gasteiger partial charge < -0.3 is 10.1 Å². The molecule has 1 N–H and O–H groups in total. The molecule has 4 rings (SSSR count). The van der Waals surface area contributed by atoms with Crippen molar-refractivity contribution < 1.29 is 27.5 Å². The molecule has 0 fully saturated rings. The van der Waals surface area contributed by atoms with E-state index in [0.717, 1.165) is 18.5 Å². The Morgan fingerprint density at radius 2 is 1.70 bits per heavy atom. The van der Waals surface area contributed by atoms with E-state index in [9.17, 15) is 22.8 Å². The van der Waals surface area contributed by atoms with Gasteiger partial charge in [-0.1, -0.05) is 23.4 Å². The third-order valence-electron chi connectivity index (χ3n) is 5.84. The Bertz CT molecular complexity index is 1460. The van der Waals surface area contributed by atoms with Crippen LogP contribution in [0.1, 0.15) is 40.4 Å². The number of nitrogens with zero attached hydrogens (tertiary/aromatic N) is 6. The van der Waals surface area contributed by atoms with E-state index in [1.54, 1.807) is 35.1 Å². The summed E-state index contributed by atoms with van der Waals surface area (Å²) in [5.74, 6) is -0.775. The minimum atomic E-state index is -4.82. The number of ether oxygens (including phenoxy) is 1. The molecule has 0 atom stereocenters. The quantitative estimate of drug-likeness (QED) is 0.263. The average molecular weight is 554 g/mol. The van der Waals surface area contributed by atoms with Crippen LogP contribution < -0.4 is 10.1 Å². The molecule has 10 nitrogen and oxygen atoms in total. The third-order valence-corrected chi connectivity index (χ3v) is 5.84. The average Bonchev–Trinajstić information content (AvgIpc) is 3.40. The largest absolute Gasteiger partial charge is 0.573 e. The molecule has 0 aliphatic carbocycles. The lowest BCUT2D eigenvalue weighted by Crippen LogP contribution is -2.18. The van der Waals surface area contributed by atoms with Gasteiger partial charge >= 0.3 is 6.36 Å². The number of aryl methyl sites for hydroxylation is 2. The third kappa shape index (κ3) is 8.16. The van der Waals surface area contributed by atoms with Gasteiger partial charge in [-0.05, 0) is 55.2 Å². The highest BCUT2D eigenvalue weighted by Gasteiger charge is 2.32. The Labute approximate surface area is 227 Å². The van der Waals surface area contributed by atoms with Crippen molar-refractivity contribution >= 4 is 11.7 Å². The Balaban J connectivity index is 1.27. The summed E-state index contributed by atoms with van der Waals surface area (Å²) in [4.78, 5) is 28.4. The summed E-state index contributed by atoms with van der Waals surface area (Å²) in [6.07, 6.45) is 0.567. The van der Waals surface area contributed by atoms with Gasteiger partial charge in [-0.25, -0.2) is 0 Å². The second-order valence-corrected chi connectivity index (χ2v) is 8.89. The molecule has 0 bridgehead atoms. The first-order chi connectivity index (χ1) is 19.2. The van der Waals surface area contributed by atoms with E-state index in [2.05, 4.69) is 35.5 Å². The summed E-state index contributed by atoms with van der Waals surface area (Å²) in [6.45, 7) is 0.611. The lowest BCUT2D eigenvalue weighted by atomic mass is 10.0.